The van der Waals surface area contributed by atoms with Crippen molar-refractivity contribution < 1.29 is 4.74 Å². The molecule has 2 fully saturated rings. The Hall–Kier alpha value is -0.120. The van der Waals surface area contributed by atoms with Gasteiger partial charge in [0.1, 0.15) is 0 Å². The van der Waals surface area contributed by atoms with Crippen molar-refractivity contribution in [3.05, 3.63) is 0 Å². The Kier molecular flexibility index (Phi) is 3.79. The molecule has 2 saturated heterocycles. The summed E-state index contributed by atoms with van der Waals surface area (Å²) in [5.41, 5.74) is 0. The van der Waals surface area contributed by atoms with Gasteiger partial charge in [0.25, 0.3) is 0 Å². The summed E-state index contributed by atoms with van der Waals surface area (Å²) in [7, 11) is 0. The van der Waals surface area contributed by atoms with E-state index >= 15 is 0 Å². The fraction of sp³-hybridized carbons (Fsp3) is 1.00. The minimum absolute atomic E-state index is 0.421. The molecular formula is C11H22N2O. The molecule has 2 unspecified atom stereocenters. The number of likely N-dealkylation sites (tertiary alicyclic amines) is 1. The lowest BCUT2D eigenvalue weighted by Crippen LogP contribution is -2.48. The van der Waals surface area contributed by atoms with Crippen LogP contribution >= 0.6 is 0 Å². The first-order valence-electron chi connectivity index (χ1n) is 5.92. The molecule has 0 amide bonds. The van der Waals surface area contributed by atoms with Gasteiger partial charge in [0, 0.05) is 25.7 Å². The summed E-state index contributed by atoms with van der Waals surface area (Å²) in [6.45, 7) is 7.66. The first kappa shape index (κ1) is 10.4. The van der Waals surface area contributed by atoms with Crippen LogP contribution in [-0.4, -0.2) is 49.8 Å². The highest BCUT2D eigenvalue weighted by molar-refractivity contribution is 4.78. The highest BCUT2D eigenvalue weighted by Gasteiger charge is 2.23. The lowest BCUT2D eigenvalue weighted by Gasteiger charge is -2.36. The normalized spacial score (nSPS) is 35.8. The number of piperidine rings is 1. The lowest BCUT2D eigenvalue weighted by molar-refractivity contribution is -0.00723. The highest BCUT2D eigenvalue weighted by Crippen LogP contribution is 2.17. The zero-order chi connectivity index (χ0) is 9.80. The second kappa shape index (κ2) is 5.10. The predicted octanol–water partition coefficient (Wildman–Crippen LogP) is 0.849. The van der Waals surface area contributed by atoms with Gasteiger partial charge in [0.2, 0.25) is 0 Å². The van der Waals surface area contributed by atoms with Gasteiger partial charge in [0.05, 0.1) is 12.7 Å². The maximum atomic E-state index is 5.72. The maximum absolute atomic E-state index is 5.72. The van der Waals surface area contributed by atoms with Crippen molar-refractivity contribution in [3.63, 3.8) is 0 Å². The molecule has 3 nitrogen and oxygen atoms in total. The first-order valence-corrected chi connectivity index (χ1v) is 5.92. The molecular weight excluding hydrogens is 176 g/mol. The smallest absolute Gasteiger partial charge is 0.0826 e. The van der Waals surface area contributed by atoms with Gasteiger partial charge in [-0.25, -0.2) is 0 Å². The van der Waals surface area contributed by atoms with Crippen LogP contribution < -0.4 is 5.32 Å². The van der Waals surface area contributed by atoms with Crippen LogP contribution in [0.3, 0.4) is 0 Å². The van der Waals surface area contributed by atoms with E-state index in [9.17, 15) is 0 Å². The Balaban J connectivity index is 1.76. The van der Waals surface area contributed by atoms with E-state index in [-0.39, 0.29) is 0 Å². The SMILES string of the molecule is CC1CCCCN1CC1CNCCO1. The molecule has 0 aromatic rings. The van der Waals surface area contributed by atoms with Crippen molar-refractivity contribution in [3.8, 4) is 0 Å². The summed E-state index contributed by atoms with van der Waals surface area (Å²) in [6.07, 6.45) is 4.55. The van der Waals surface area contributed by atoms with E-state index in [1.807, 2.05) is 0 Å². The van der Waals surface area contributed by atoms with Gasteiger partial charge in [-0.1, -0.05) is 6.42 Å². The lowest BCUT2D eigenvalue weighted by atomic mass is 10.0. The largest absolute Gasteiger partial charge is 0.374 e. The van der Waals surface area contributed by atoms with Crippen LogP contribution in [0.2, 0.25) is 0 Å². The predicted molar refractivity (Wildman–Crippen MR) is 57.5 cm³/mol. The van der Waals surface area contributed by atoms with Crippen molar-refractivity contribution in [1.29, 1.82) is 0 Å². The molecule has 3 heteroatoms. The molecule has 0 aliphatic carbocycles. The minimum atomic E-state index is 0.421. The second-order valence-corrected chi connectivity index (χ2v) is 4.54. The van der Waals surface area contributed by atoms with Gasteiger partial charge < -0.3 is 10.1 Å². The van der Waals surface area contributed by atoms with E-state index in [1.54, 1.807) is 0 Å². The fourth-order valence-electron chi connectivity index (χ4n) is 2.43. The van der Waals surface area contributed by atoms with E-state index in [0.717, 1.165) is 32.3 Å². The molecule has 2 atom stereocenters. The van der Waals surface area contributed by atoms with Crippen LogP contribution in [0, 0.1) is 0 Å². The minimum Gasteiger partial charge on any atom is -0.374 e. The van der Waals surface area contributed by atoms with Gasteiger partial charge >= 0.3 is 0 Å². The van der Waals surface area contributed by atoms with E-state index in [1.165, 1.54) is 25.8 Å². The third-order valence-corrected chi connectivity index (χ3v) is 3.38. The Morgan fingerprint density at radius 3 is 3.07 bits per heavy atom. The zero-order valence-electron chi connectivity index (χ0n) is 9.17. The number of nitrogens with one attached hydrogen (secondary N) is 1. The van der Waals surface area contributed by atoms with Gasteiger partial charge in [-0.2, -0.15) is 0 Å². The van der Waals surface area contributed by atoms with Gasteiger partial charge in [-0.3, -0.25) is 4.90 Å². The third-order valence-electron chi connectivity index (χ3n) is 3.38. The molecule has 0 saturated carbocycles. The molecule has 2 aliphatic rings. The number of nitrogens with zero attached hydrogens (tertiary/aromatic N) is 1. The average Bonchev–Trinajstić information content (AvgIpc) is 2.23. The molecule has 14 heavy (non-hydrogen) atoms. The summed E-state index contributed by atoms with van der Waals surface area (Å²) in [5.74, 6) is 0. The summed E-state index contributed by atoms with van der Waals surface area (Å²) in [6, 6.07) is 0.759. The zero-order valence-corrected chi connectivity index (χ0v) is 9.17. The molecule has 0 aromatic heterocycles. The quantitative estimate of drug-likeness (QED) is 0.712. The van der Waals surface area contributed by atoms with Crippen molar-refractivity contribution in [2.24, 2.45) is 0 Å². The van der Waals surface area contributed by atoms with Crippen molar-refractivity contribution >= 4 is 0 Å². The van der Waals surface area contributed by atoms with E-state index in [0.29, 0.717) is 6.10 Å². The Morgan fingerprint density at radius 2 is 2.36 bits per heavy atom. The Labute approximate surface area is 86.8 Å². The number of ether oxygens (including phenoxy) is 1. The number of morpholine rings is 1. The fourth-order valence-corrected chi connectivity index (χ4v) is 2.43. The third kappa shape index (κ3) is 2.69. The molecule has 2 rings (SSSR count). The monoisotopic (exact) mass is 198 g/mol. The first-order chi connectivity index (χ1) is 6.86. The second-order valence-electron chi connectivity index (χ2n) is 4.54. The van der Waals surface area contributed by atoms with Gasteiger partial charge in [-0.05, 0) is 26.3 Å². The molecule has 0 radical (unpaired) electrons. The standard InChI is InChI=1S/C11H22N2O/c1-10-4-2-3-6-13(10)9-11-8-12-5-7-14-11/h10-12H,2-9H2,1H3. The molecule has 1 N–H and O–H groups in total. The number of hydrogen-bond donors (Lipinski definition) is 1. The molecule has 0 bridgehead atoms. The van der Waals surface area contributed by atoms with Crippen LogP contribution in [0.5, 0.6) is 0 Å². The number of hydrogen-bond acceptors (Lipinski definition) is 3. The van der Waals surface area contributed by atoms with Crippen molar-refractivity contribution in [1.82, 2.24) is 10.2 Å². The molecule has 82 valence electrons. The summed E-state index contributed by atoms with van der Waals surface area (Å²) >= 11 is 0. The number of rotatable bonds is 2. The van der Waals surface area contributed by atoms with E-state index in [2.05, 4.69) is 17.1 Å². The highest BCUT2D eigenvalue weighted by atomic mass is 16.5. The van der Waals surface area contributed by atoms with Crippen LogP contribution in [0.25, 0.3) is 0 Å². The summed E-state index contributed by atoms with van der Waals surface area (Å²) in [4.78, 5) is 2.58. The summed E-state index contributed by atoms with van der Waals surface area (Å²) in [5, 5.41) is 3.39. The van der Waals surface area contributed by atoms with Crippen LogP contribution in [0.4, 0.5) is 0 Å². The van der Waals surface area contributed by atoms with Crippen molar-refractivity contribution in [2.45, 2.75) is 38.3 Å². The van der Waals surface area contributed by atoms with Gasteiger partial charge in [-0.15, -0.1) is 0 Å². The molecule has 0 aromatic carbocycles. The maximum Gasteiger partial charge on any atom is 0.0826 e. The molecule has 2 aliphatic heterocycles. The Bertz CT molecular complexity index is 169. The Morgan fingerprint density at radius 1 is 1.43 bits per heavy atom. The van der Waals surface area contributed by atoms with Crippen LogP contribution in [0.15, 0.2) is 0 Å². The van der Waals surface area contributed by atoms with Gasteiger partial charge in [0.15, 0.2) is 0 Å². The van der Waals surface area contributed by atoms with Crippen LogP contribution in [-0.2, 0) is 4.74 Å². The topological polar surface area (TPSA) is 24.5 Å². The summed E-state index contributed by atoms with van der Waals surface area (Å²) < 4.78 is 5.72. The van der Waals surface area contributed by atoms with E-state index < -0.39 is 0 Å². The van der Waals surface area contributed by atoms with Crippen molar-refractivity contribution in [2.75, 3.05) is 32.8 Å². The van der Waals surface area contributed by atoms with Crippen LogP contribution in [0.1, 0.15) is 26.2 Å². The average molecular weight is 198 g/mol. The molecule has 2 heterocycles. The van der Waals surface area contributed by atoms with E-state index in [4.69, 9.17) is 4.74 Å². The molecule has 0 spiro atoms.